The number of amides is 2. The number of methoxy groups -OCH3 is 1. The second-order valence-corrected chi connectivity index (χ2v) is 5.83. The third kappa shape index (κ3) is 3.62. The maximum absolute atomic E-state index is 12.6. The lowest BCUT2D eigenvalue weighted by molar-refractivity contribution is -0.126. The highest BCUT2D eigenvalue weighted by Crippen LogP contribution is 2.34. The average molecular weight is 343 g/mol. The molecule has 2 aromatic rings. The molecule has 8 nitrogen and oxygen atoms in total. The minimum Gasteiger partial charge on any atom is -0.497 e. The molecule has 0 saturated heterocycles. The predicted molar refractivity (Wildman–Crippen MR) is 91.4 cm³/mol. The Hall–Kier alpha value is -2.90. The Balaban J connectivity index is 1.69. The van der Waals surface area contributed by atoms with Gasteiger partial charge in [0.25, 0.3) is 0 Å². The topological polar surface area (TPSA) is 98.1 Å². The molecule has 1 aromatic carbocycles. The van der Waals surface area contributed by atoms with Gasteiger partial charge in [-0.3, -0.25) is 9.59 Å². The van der Waals surface area contributed by atoms with E-state index >= 15 is 0 Å². The quantitative estimate of drug-likeness (QED) is 0.818. The van der Waals surface area contributed by atoms with Crippen LogP contribution in [0.25, 0.3) is 0 Å². The maximum Gasteiger partial charge on any atom is 0.228 e. The third-order valence-electron chi connectivity index (χ3n) is 4.30. The first kappa shape index (κ1) is 16.9. The van der Waals surface area contributed by atoms with E-state index in [-0.39, 0.29) is 18.2 Å². The number of hydrogen-bond acceptors (Lipinski definition) is 5. The Kier molecular flexibility index (Phi) is 4.97. The lowest BCUT2D eigenvalue weighted by Gasteiger charge is -2.25. The number of nitrogens with zero attached hydrogens (tertiary/aromatic N) is 3. The molecular weight excluding hydrogens is 322 g/mol. The van der Waals surface area contributed by atoms with Crippen molar-refractivity contribution in [1.29, 1.82) is 0 Å². The summed E-state index contributed by atoms with van der Waals surface area (Å²) in [5.74, 6) is 0.619. The maximum atomic E-state index is 12.6. The molecule has 132 valence electrons. The predicted octanol–water partition coefficient (Wildman–Crippen LogP) is 1.09. The molecule has 3 rings (SSSR count). The van der Waals surface area contributed by atoms with Crippen molar-refractivity contribution in [3.8, 4) is 5.75 Å². The second kappa shape index (κ2) is 7.33. The van der Waals surface area contributed by atoms with E-state index in [1.807, 2.05) is 11.5 Å². The number of ether oxygens (including phenoxy) is 1. The molecule has 1 aliphatic heterocycles. The number of nitrogens with one attached hydrogen (secondary N) is 2. The fourth-order valence-corrected chi connectivity index (χ4v) is 2.96. The summed E-state index contributed by atoms with van der Waals surface area (Å²) in [7, 11) is 1.57. The number of aromatic nitrogens is 3. The van der Waals surface area contributed by atoms with Crippen LogP contribution in [0, 0.1) is 0 Å². The van der Waals surface area contributed by atoms with E-state index in [1.165, 1.54) is 0 Å². The van der Waals surface area contributed by atoms with Crippen LogP contribution in [0.3, 0.4) is 0 Å². The third-order valence-corrected chi connectivity index (χ3v) is 4.30. The zero-order valence-electron chi connectivity index (χ0n) is 14.3. The van der Waals surface area contributed by atoms with Gasteiger partial charge in [-0.1, -0.05) is 0 Å². The van der Waals surface area contributed by atoms with Crippen molar-refractivity contribution in [3.63, 3.8) is 0 Å². The molecule has 2 heterocycles. The summed E-state index contributed by atoms with van der Waals surface area (Å²) in [5.41, 5.74) is 1.43. The highest BCUT2D eigenvalue weighted by molar-refractivity contribution is 6.01. The van der Waals surface area contributed by atoms with Crippen LogP contribution in [0.4, 0.5) is 5.69 Å². The minimum atomic E-state index is -0.525. The van der Waals surface area contributed by atoms with Gasteiger partial charge in [-0.15, -0.1) is 10.2 Å². The summed E-state index contributed by atoms with van der Waals surface area (Å²) in [6.45, 7) is 3.23. The number of benzene rings is 1. The Morgan fingerprint density at radius 1 is 1.48 bits per heavy atom. The van der Waals surface area contributed by atoms with E-state index in [0.29, 0.717) is 24.4 Å². The molecule has 2 N–H and O–H groups in total. The molecule has 0 fully saturated rings. The Morgan fingerprint density at radius 3 is 3.08 bits per heavy atom. The Morgan fingerprint density at radius 2 is 2.32 bits per heavy atom. The number of rotatable bonds is 6. The van der Waals surface area contributed by atoms with E-state index < -0.39 is 5.92 Å². The van der Waals surface area contributed by atoms with Crippen LogP contribution in [-0.4, -0.2) is 40.2 Å². The molecular formula is C17H21N5O3. The summed E-state index contributed by atoms with van der Waals surface area (Å²) in [6.07, 6.45) is 2.38. The van der Waals surface area contributed by atoms with Crippen molar-refractivity contribution >= 4 is 17.5 Å². The van der Waals surface area contributed by atoms with Crippen molar-refractivity contribution in [2.75, 3.05) is 19.0 Å². The summed E-state index contributed by atoms with van der Waals surface area (Å²) in [4.78, 5) is 24.5. The van der Waals surface area contributed by atoms with Crippen molar-refractivity contribution in [2.45, 2.75) is 32.2 Å². The summed E-state index contributed by atoms with van der Waals surface area (Å²) >= 11 is 0. The number of carbonyl (C=O) groups is 2. The Labute approximate surface area is 145 Å². The van der Waals surface area contributed by atoms with Gasteiger partial charge in [-0.05, 0) is 30.7 Å². The van der Waals surface area contributed by atoms with Gasteiger partial charge in [0.1, 0.15) is 17.9 Å². The van der Waals surface area contributed by atoms with Gasteiger partial charge in [-0.25, -0.2) is 0 Å². The monoisotopic (exact) mass is 343 g/mol. The van der Waals surface area contributed by atoms with Crippen LogP contribution in [0.5, 0.6) is 5.75 Å². The number of aryl methyl sites for hydroxylation is 1. The van der Waals surface area contributed by atoms with Gasteiger partial charge >= 0.3 is 0 Å². The van der Waals surface area contributed by atoms with Crippen LogP contribution >= 0.6 is 0 Å². The second-order valence-electron chi connectivity index (χ2n) is 5.83. The van der Waals surface area contributed by atoms with E-state index in [0.717, 1.165) is 17.9 Å². The zero-order chi connectivity index (χ0) is 17.8. The first-order chi connectivity index (χ1) is 12.1. The van der Waals surface area contributed by atoms with Crippen molar-refractivity contribution in [1.82, 2.24) is 20.1 Å². The van der Waals surface area contributed by atoms with Crippen LogP contribution < -0.4 is 15.4 Å². The van der Waals surface area contributed by atoms with Crippen LogP contribution in [0.2, 0.25) is 0 Å². The molecule has 25 heavy (non-hydrogen) atoms. The Bertz CT molecular complexity index is 786. The molecule has 1 atom stereocenters. The lowest BCUT2D eigenvalue weighted by atomic mass is 9.89. The molecule has 8 heteroatoms. The van der Waals surface area contributed by atoms with Crippen molar-refractivity contribution in [3.05, 3.63) is 35.9 Å². The highest BCUT2D eigenvalue weighted by atomic mass is 16.5. The van der Waals surface area contributed by atoms with E-state index in [1.54, 1.807) is 31.6 Å². The zero-order valence-corrected chi connectivity index (χ0v) is 14.3. The smallest absolute Gasteiger partial charge is 0.228 e. The summed E-state index contributed by atoms with van der Waals surface area (Å²) < 4.78 is 7.16. The van der Waals surface area contributed by atoms with E-state index in [4.69, 9.17) is 4.74 Å². The average Bonchev–Trinajstić information content (AvgIpc) is 3.08. The molecule has 1 aliphatic rings. The highest BCUT2D eigenvalue weighted by Gasteiger charge is 2.30. The molecule has 0 radical (unpaired) electrons. The fourth-order valence-electron chi connectivity index (χ4n) is 2.96. The number of hydrogen-bond donors (Lipinski definition) is 2. The van der Waals surface area contributed by atoms with Crippen molar-refractivity contribution in [2.24, 2.45) is 0 Å². The number of anilines is 1. The van der Waals surface area contributed by atoms with Gasteiger partial charge in [0.2, 0.25) is 11.8 Å². The molecule has 0 aliphatic carbocycles. The van der Waals surface area contributed by atoms with Crippen molar-refractivity contribution < 1.29 is 14.3 Å². The molecule has 1 aromatic heterocycles. The van der Waals surface area contributed by atoms with Crippen LogP contribution in [0.15, 0.2) is 24.5 Å². The van der Waals surface area contributed by atoms with Crippen LogP contribution in [-0.2, 0) is 22.6 Å². The van der Waals surface area contributed by atoms with Gasteiger partial charge in [0.15, 0.2) is 0 Å². The number of carbonyl (C=O) groups excluding carboxylic acids is 2. The minimum absolute atomic E-state index is 0.122. The van der Waals surface area contributed by atoms with Gasteiger partial charge in [-0.2, -0.15) is 0 Å². The van der Waals surface area contributed by atoms with E-state index in [9.17, 15) is 9.59 Å². The first-order valence-electron chi connectivity index (χ1n) is 8.24. The molecule has 0 bridgehead atoms. The fraction of sp³-hybridized carbons (Fsp3) is 0.412. The molecule has 0 spiro atoms. The van der Waals surface area contributed by atoms with Gasteiger partial charge in [0.05, 0.1) is 13.0 Å². The summed E-state index contributed by atoms with van der Waals surface area (Å²) in [5, 5.41) is 13.6. The SMILES string of the molecule is CCn1cnnc1CCNC(=O)[C@H]1CC(=O)Nc2ccc(OC)cc21. The number of fused-ring (bicyclic) bond motifs is 1. The molecule has 2 amide bonds. The van der Waals surface area contributed by atoms with Gasteiger partial charge < -0.3 is 19.9 Å². The van der Waals surface area contributed by atoms with Gasteiger partial charge in [0, 0.05) is 31.6 Å². The standard InChI is InChI=1S/C17H21N5O3/c1-3-22-10-19-21-15(22)6-7-18-17(24)13-9-16(23)20-14-5-4-11(25-2)8-12(13)14/h4-5,8,10,13H,3,6-7,9H2,1-2H3,(H,18,24)(H,20,23)/t13-/m0/s1. The summed E-state index contributed by atoms with van der Waals surface area (Å²) in [6, 6.07) is 5.32. The molecule has 0 unspecified atom stereocenters. The largest absolute Gasteiger partial charge is 0.497 e. The normalized spacial score (nSPS) is 16.1. The molecule has 0 saturated carbocycles. The lowest BCUT2D eigenvalue weighted by Crippen LogP contribution is -2.36. The first-order valence-corrected chi connectivity index (χ1v) is 8.24. The van der Waals surface area contributed by atoms with E-state index in [2.05, 4.69) is 20.8 Å². The van der Waals surface area contributed by atoms with Crippen LogP contribution in [0.1, 0.15) is 30.7 Å².